The van der Waals surface area contributed by atoms with Crippen molar-refractivity contribution in [2.45, 2.75) is 32.0 Å². The van der Waals surface area contributed by atoms with Crippen LogP contribution in [0.5, 0.6) is 0 Å². The van der Waals surface area contributed by atoms with E-state index in [1.165, 1.54) is 13.8 Å². The molecule has 0 saturated carbocycles. The summed E-state index contributed by atoms with van der Waals surface area (Å²) in [6, 6.07) is -1.82. The van der Waals surface area contributed by atoms with Crippen LogP contribution in [-0.2, 0) is 9.59 Å². The Labute approximate surface area is 76.3 Å². The molecule has 0 aromatic rings. The predicted octanol–water partition coefficient (Wildman–Crippen LogP) is -2.32. The third-order valence-electron chi connectivity index (χ3n) is 1.50. The molecule has 6 nitrogen and oxygen atoms in total. The molecule has 3 atom stereocenters. The summed E-state index contributed by atoms with van der Waals surface area (Å²) < 4.78 is 0. The van der Waals surface area contributed by atoms with Crippen molar-refractivity contribution in [3.8, 4) is 0 Å². The van der Waals surface area contributed by atoms with Gasteiger partial charge in [0.05, 0.1) is 12.1 Å². The summed E-state index contributed by atoms with van der Waals surface area (Å²) >= 11 is 0. The zero-order valence-electron chi connectivity index (χ0n) is 7.65. The summed E-state index contributed by atoms with van der Waals surface area (Å²) in [4.78, 5) is 21.7. The fraction of sp³-hybridized carbons (Fsp3) is 0.714. The second-order valence-corrected chi connectivity index (χ2v) is 2.92. The van der Waals surface area contributed by atoms with Gasteiger partial charge in [0.1, 0.15) is 6.04 Å². The first kappa shape index (κ1) is 11.9. The third-order valence-corrected chi connectivity index (χ3v) is 1.50. The highest BCUT2D eigenvalue weighted by atomic mass is 16.3. The second-order valence-electron chi connectivity index (χ2n) is 2.92. The Morgan fingerprint density at radius 2 is 1.85 bits per heavy atom. The van der Waals surface area contributed by atoms with Crippen LogP contribution in [0, 0.1) is 0 Å². The summed E-state index contributed by atoms with van der Waals surface area (Å²) in [5.41, 5.74) is 10.2. The molecule has 0 aromatic heterocycles. The maximum absolute atomic E-state index is 11.0. The van der Waals surface area contributed by atoms with Crippen LogP contribution in [0.2, 0.25) is 0 Å². The van der Waals surface area contributed by atoms with Crippen molar-refractivity contribution >= 4 is 11.8 Å². The van der Waals surface area contributed by atoms with E-state index in [1.807, 2.05) is 0 Å². The molecule has 0 aromatic carbocycles. The zero-order valence-corrected chi connectivity index (χ0v) is 7.65. The van der Waals surface area contributed by atoms with Gasteiger partial charge in [0, 0.05) is 0 Å². The third kappa shape index (κ3) is 3.86. The minimum Gasteiger partial charge on any atom is -0.391 e. The Hall–Kier alpha value is -1.14. The van der Waals surface area contributed by atoms with Crippen molar-refractivity contribution < 1.29 is 14.7 Å². The topological polar surface area (TPSA) is 118 Å². The molecule has 0 fully saturated rings. The molecule has 13 heavy (non-hydrogen) atoms. The standard InChI is InChI=1S/C7H15N3O3/c1-3(8)7(13)10-5(4(2)11)6(9)12/h3-5,11H,8H2,1-2H3,(H2,9,12)(H,10,13)/t3-,4+,5-/m0/s1. The van der Waals surface area contributed by atoms with Crippen molar-refractivity contribution in [1.82, 2.24) is 5.32 Å². The molecule has 6 heteroatoms. The minimum absolute atomic E-state index is 0.523. The molecule has 0 unspecified atom stereocenters. The first-order valence-corrected chi connectivity index (χ1v) is 3.89. The van der Waals surface area contributed by atoms with Gasteiger partial charge in [-0.15, -0.1) is 0 Å². The minimum atomic E-state index is -1.08. The predicted molar refractivity (Wildman–Crippen MR) is 46.5 cm³/mol. The molecule has 0 heterocycles. The van der Waals surface area contributed by atoms with Crippen LogP contribution in [0.4, 0.5) is 0 Å². The SMILES string of the molecule is C[C@H](N)C(=O)N[C@H](C(N)=O)[C@@H](C)O. The van der Waals surface area contributed by atoms with Gasteiger partial charge in [-0.25, -0.2) is 0 Å². The van der Waals surface area contributed by atoms with Crippen LogP contribution >= 0.6 is 0 Å². The number of amides is 2. The molecule has 6 N–H and O–H groups in total. The van der Waals surface area contributed by atoms with E-state index in [4.69, 9.17) is 16.6 Å². The largest absolute Gasteiger partial charge is 0.391 e. The van der Waals surface area contributed by atoms with Gasteiger partial charge < -0.3 is 21.9 Å². The molecule has 0 rings (SSSR count). The average Bonchev–Trinajstić information content (AvgIpc) is 1.97. The fourth-order valence-electron chi connectivity index (χ4n) is 0.714. The molecule has 0 radical (unpaired) electrons. The van der Waals surface area contributed by atoms with Crippen LogP contribution in [0.1, 0.15) is 13.8 Å². The molecule has 0 spiro atoms. The number of rotatable bonds is 4. The summed E-state index contributed by atoms with van der Waals surface area (Å²) in [6.45, 7) is 2.83. The van der Waals surface area contributed by atoms with Gasteiger partial charge in [-0.05, 0) is 13.8 Å². The number of carbonyl (C=O) groups is 2. The zero-order chi connectivity index (χ0) is 10.6. The second kappa shape index (κ2) is 4.78. The molecular formula is C7H15N3O3. The van der Waals surface area contributed by atoms with Crippen molar-refractivity contribution in [2.24, 2.45) is 11.5 Å². The lowest BCUT2D eigenvalue weighted by molar-refractivity contribution is -0.130. The summed E-state index contributed by atoms with van der Waals surface area (Å²) in [5, 5.41) is 11.3. The number of carbonyl (C=O) groups excluding carboxylic acids is 2. The first-order valence-electron chi connectivity index (χ1n) is 3.89. The van der Waals surface area contributed by atoms with Gasteiger partial charge >= 0.3 is 0 Å². The summed E-state index contributed by atoms with van der Waals surface area (Å²) in [7, 11) is 0. The van der Waals surface area contributed by atoms with E-state index in [0.717, 1.165) is 0 Å². The fourth-order valence-corrected chi connectivity index (χ4v) is 0.714. The Balaban J connectivity index is 4.27. The van der Waals surface area contributed by atoms with E-state index >= 15 is 0 Å². The van der Waals surface area contributed by atoms with Gasteiger partial charge in [-0.2, -0.15) is 0 Å². The monoisotopic (exact) mass is 189 g/mol. The highest BCUT2D eigenvalue weighted by Gasteiger charge is 2.23. The Kier molecular flexibility index (Phi) is 4.36. The van der Waals surface area contributed by atoms with Gasteiger partial charge in [-0.3, -0.25) is 9.59 Å². The van der Waals surface area contributed by atoms with Gasteiger partial charge in [0.25, 0.3) is 0 Å². The van der Waals surface area contributed by atoms with Crippen LogP contribution in [0.25, 0.3) is 0 Å². The molecule has 76 valence electrons. The van der Waals surface area contributed by atoms with Crippen LogP contribution < -0.4 is 16.8 Å². The van der Waals surface area contributed by atoms with Crippen LogP contribution in [-0.4, -0.2) is 35.1 Å². The molecule has 0 saturated heterocycles. The smallest absolute Gasteiger partial charge is 0.242 e. The van der Waals surface area contributed by atoms with Crippen molar-refractivity contribution in [1.29, 1.82) is 0 Å². The highest BCUT2D eigenvalue weighted by molar-refractivity contribution is 5.89. The Morgan fingerprint density at radius 1 is 1.38 bits per heavy atom. The summed E-state index contributed by atoms with van der Waals surface area (Å²) in [6.07, 6.45) is -1.03. The number of aliphatic hydroxyl groups is 1. The number of nitrogens with two attached hydrogens (primary N) is 2. The normalized spacial score (nSPS) is 17.2. The lowest BCUT2D eigenvalue weighted by Crippen LogP contribution is -2.54. The Morgan fingerprint density at radius 3 is 2.08 bits per heavy atom. The quantitative estimate of drug-likeness (QED) is 0.397. The maximum Gasteiger partial charge on any atom is 0.242 e. The van der Waals surface area contributed by atoms with E-state index in [1.54, 1.807) is 0 Å². The van der Waals surface area contributed by atoms with Gasteiger partial charge in [0.15, 0.2) is 0 Å². The Bertz CT molecular complexity index is 203. The maximum atomic E-state index is 11.0. The van der Waals surface area contributed by atoms with E-state index in [9.17, 15) is 9.59 Å². The molecule has 2 amide bonds. The number of hydrogen-bond donors (Lipinski definition) is 4. The summed E-state index contributed by atoms with van der Waals surface area (Å²) in [5.74, 6) is -1.31. The molecule has 0 bridgehead atoms. The molecule has 0 aliphatic rings. The molecule has 0 aliphatic heterocycles. The number of hydrogen-bond acceptors (Lipinski definition) is 4. The average molecular weight is 189 g/mol. The number of aliphatic hydroxyl groups excluding tert-OH is 1. The lowest BCUT2D eigenvalue weighted by atomic mass is 10.1. The van der Waals surface area contributed by atoms with Crippen LogP contribution in [0.15, 0.2) is 0 Å². The van der Waals surface area contributed by atoms with Crippen molar-refractivity contribution in [3.05, 3.63) is 0 Å². The molecule has 0 aliphatic carbocycles. The van der Waals surface area contributed by atoms with E-state index < -0.39 is 30.0 Å². The first-order chi connectivity index (χ1) is 5.86. The molecular weight excluding hydrogens is 174 g/mol. The number of primary amides is 1. The van der Waals surface area contributed by atoms with Gasteiger partial charge in [0.2, 0.25) is 11.8 Å². The highest BCUT2D eigenvalue weighted by Crippen LogP contribution is 1.92. The lowest BCUT2D eigenvalue weighted by Gasteiger charge is -2.18. The van der Waals surface area contributed by atoms with Crippen molar-refractivity contribution in [2.75, 3.05) is 0 Å². The van der Waals surface area contributed by atoms with E-state index in [-0.39, 0.29) is 0 Å². The van der Waals surface area contributed by atoms with Crippen molar-refractivity contribution in [3.63, 3.8) is 0 Å². The van der Waals surface area contributed by atoms with E-state index in [0.29, 0.717) is 0 Å². The van der Waals surface area contributed by atoms with Gasteiger partial charge in [-0.1, -0.05) is 0 Å². The van der Waals surface area contributed by atoms with Crippen LogP contribution in [0.3, 0.4) is 0 Å². The van der Waals surface area contributed by atoms with E-state index in [2.05, 4.69) is 5.32 Å². The number of nitrogens with one attached hydrogen (secondary N) is 1.